The average molecular weight is 303 g/mol. The molecule has 0 atom stereocenters. The van der Waals surface area contributed by atoms with Crippen LogP contribution < -0.4 is 5.32 Å². The van der Waals surface area contributed by atoms with Crippen molar-refractivity contribution in [3.63, 3.8) is 0 Å². The van der Waals surface area contributed by atoms with Gasteiger partial charge in [-0.1, -0.05) is 58.3 Å². The number of hydrogen-bond donors (Lipinski definition) is 2. The fourth-order valence-corrected chi connectivity index (χ4v) is 1.86. The topological polar surface area (TPSA) is 66.4 Å². The van der Waals surface area contributed by atoms with E-state index in [-0.39, 0.29) is 71.6 Å². The van der Waals surface area contributed by atoms with Crippen molar-refractivity contribution in [2.75, 3.05) is 6.54 Å². The predicted octanol–water partition coefficient (Wildman–Crippen LogP) is 2.35. The zero-order chi connectivity index (χ0) is 13.6. The van der Waals surface area contributed by atoms with Crippen LogP contribution in [-0.4, -0.2) is 82.6 Å². The van der Waals surface area contributed by atoms with E-state index in [1.165, 1.54) is 44.9 Å². The quantitative estimate of drug-likeness (QED) is 0.429. The van der Waals surface area contributed by atoms with Crippen LogP contribution in [0, 0.1) is 0 Å². The second kappa shape index (κ2) is 19.9. The largest absolute Gasteiger partial charge is 0.480 e. The zero-order valence-corrected chi connectivity index (χ0v) is 17.5. The van der Waals surface area contributed by atoms with Crippen LogP contribution in [0.15, 0.2) is 0 Å². The number of aliphatic carboxylic acids is 1. The van der Waals surface area contributed by atoms with Gasteiger partial charge in [-0.3, -0.25) is 9.59 Å². The van der Waals surface area contributed by atoms with Gasteiger partial charge in [0.05, 0.1) is 0 Å². The summed E-state index contributed by atoms with van der Waals surface area (Å²) in [6.07, 6.45) is 11.4. The second-order valence-corrected chi connectivity index (χ2v) is 4.75. The van der Waals surface area contributed by atoms with Gasteiger partial charge in [-0.2, -0.15) is 0 Å². The molecule has 0 aliphatic rings. The minimum Gasteiger partial charge on any atom is -0.480 e. The van der Waals surface area contributed by atoms with E-state index in [9.17, 15) is 9.59 Å². The molecule has 1 amide bonds. The molecule has 0 heterocycles. The van der Waals surface area contributed by atoms with E-state index in [0.29, 0.717) is 6.42 Å². The summed E-state index contributed by atoms with van der Waals surface area (Å²) in [6.45, 7) is 1.95. The first kappa shape index (κ1) is 25.9. The number of amides is 1. The van der Waals surface area contributed by atoms with E-state index in [2.05, 4.69) is 12.2 Å². The average Bonchev–Trinajstić information content (AvgIpc) is 2.34. The molecular weight excluding hydrogens is 276 g/mol. The number of carboxylic acid groups (broad SMARTS) is 1. The number of unbranched alkanes of at least 4 members (excludes halogenated alkanes) is 8. The minimum absolute atomic E-state index is 0. The van der Waals surface area contributed by atoms with E-state index in [1.807, 2.05) is 0 Å². The fourth-order valence-electron chi connectivity index (χ4n) is 1.86. The standard InChI is InChI=1S/C14H27NO3.2Na/c1-2-3-4-5-6-7-8-9-10-11-13(16)15-12-14(17)18;;/h2-12H2,1H3,(H,15,16)(H,17,18);;. The third-order valence-corrected chi connectivity index (χ3v) is 2.94. The van der Waals surface area contributed by atoms with E-state index < -0.39 is 5.97 Å². The third-order valence-electron chi connectivity index (χ3n) is 2.94. The van der Waals surface area contributed by atoms with Crippen molar-refractivity contribution in [1.82, 2.24) is 5.32 Å². The third kappa shape index (κ3) is 21.2. The normalized spacial score (nSPS) is 9.25. The molecule has 0 aromatic heterocycles. The van der Waals surface area contributed by atoms with Crippen LogP contribution in [0.1, 0.15) is 71.1 Å². The monoisotopic (exact) mass is 303 g/mol. The molecule has 108 valence electrons. The van der Waals surface area contributed by atoms with Crippen molar-refractivity contribution in [3.8, 4) is 0 Å². The molecule has 2 N–H and O–H groups in total. The van der Waals surface area contributed by atoms with E-state index in [1.54, 1.807) is 0 Å². The number of carboxylic acids is 1. The van der Waals surface area contributed by atoms with Gasteiger partial charge in [0.25, 0.3) is 0 Å². The summed E-state index contributed by atoms with van der Waals surface area (Å²) in [5.74, 6) is -1.14. The predicted molar refractivity (Wildman–Crippen MR) is 84.0 cm³/mol. The van der Waals surface area contributed by atoms with Crippen molar-refractivity contribution in [2.45, 2.75) is 71.1 Å². The molecule has 2 radical (unpaired) electrons. The molecule has 0 saturated heterocycles. The molecule has 0 aliphatic carbocycles. The molecule has 0 aliphatic heterocycles. The number of carbonyl (C=O) groups is 2. The Hall–Kier alpha value is 0.940. The summed E-state index contributed by atoms with van der Waals surface area (Å²) in [7, 11) is 0. The van der Waals surface area contributed by atoms with Gasteiger partial charge >= 0.3 is 5.97 Å². The molecule has 6 heteroatoms. The van der Waals surface area contributed by atoms with Crippen molar-refractivity contribution >= 4 is 71.0 Å². The van der Waals surface area contributed by atoms with Gasteiger partial charge in [0.2, 0.25) is 5.91 Å². The van der Waals surface area contributed by atoms with Crippen molar-refractivity contribution in [1.29, 1.82) is 0 Å². The van der Waals surface area contributed by atoms with E-state index in [4.69, 9.17) is 5.11 Å². The Balaban J connectivity index is -0.00000144. The molecule has 0 bridgehead atoms. The van der Waals surface area contributed by atoms with Crippen LogP contribution in [0.25, 0.3) is 0 Å². The van der Waals surface area contributed by atoms with Crippen molar-refractivity contribution in [2.24, 2.45) is 0 Å². The van der Waals surface area contributed by atoms with E-state index in [0.717, 1.165) is 12.8 Å². The molecule has 0 spiro atoms. The molecule has 0 unspecified atom stereocenters. The summed E-state index contributed by atoms with van der Waals surface area (Å²) in [4.78, 5) is 21.4. The fraction of sp³-hybridized carbons (Fsp3) is 0.857. The molecule has 0 rings (SSSR count). The summed E-state index contributed by atoms with van der Waals surface area (Å²) >= 11 is 0. The minimum atomic E-state index is -0.990. The van der Waals surface area contributed by atoms with Crippen LogP contribution in [-0.2, 0) is 9.59 Å². The molecule has 20 heavy (non-hydrogen) atoms. The first-order chi connectivity index (χ1) is 8.66. The number of rotatable bonds is 12. The Morgan fingerprint density at radius 2 is 1.30 bits per heavy atom. The molecule has 0 saturated carbocycles. The van der Waals surface area contributed by atoms with Gasteiger partial charge in [0, 0.05) is 65.5 Å². The number of nitrogens with one attached hydrogen (secondary N) is 1. The maximum Gasteiger partial charge on any atom is 0.322 e. The summed E-state index contributed by atoms with van der Waals surface area (Å²) in [5.41, 5.74) is 0. The molecular formula is C14H27NNa2O3. The maximum absolute atomic E-state index is 11.2. The van der Waals surface area contributed by atoms with Gasteiger partial charge in [0.1, 0.15) is 6.54 Å². The Morgan fingerprint density at radius 3 is 1.75 bits per heavy atom. The maximum atomic E-state index is 11.2. The van der Waals surface area contributed by atoms with Crippen LogP contribution in [0.3, 0.4) is 0 Å². The van der Waals surface area contributed by atoms with Gasteiger partial charge in [0.15, 0.2) is 0 Å². The first-order valence-corrected chi connectivity index (χ1v) is 7.15. The van der Waals surface area contributed by atoms with Crippen LogP contribution in [0.5, 0.6) is 0 Å². The van der Waals surface area contributed by atoms with E-state index >= 15 is 0 Å². The summed E-state index contributed by atoms with van der Waals surface area (Å²) < 4.78 is 0. The van der Waals surface area contributed by atoms with Crippen LogP contribution in [0.4, 0.5) is 0 Å². The zero-order valence-electron chi connectivity index (χ0n) is 13.5. The van der Waals surface area contributed by atoms with Gasteiger partial charge < -0.3 is 10.4 Å². The second-order valence-electron chi connectivity index (χ2n) is 4.75. The van der Waals surface area contributed by atoms with Crippen molar-refractivity contribution < 1.29 is 14.7 Å². The molecule has 4 nitrogen and oxygen atoms in total. The van der Waals surface area contributed by atoms with Crippen LogP contribution >= 0.6 is 0 Å². The SMILES string of the molecule is CCCCCCCCCCCC(=O)NCC(=O)O.[Na].[Na]. The molecule has 0 aromatic carbocycles. The summed E-state index contributed by atoms with van der Waals surface area (Å²) in [6, 6.07) is 0. The Bertz CT molecular complexity index is 238. The summed E-state index contributed by atoms with van der Waals surface area (Å²) in [5, 5.41) is 10.7. The number of hydrogen-bond acceptors (Lipinski definition) is 2. The van der Waals surface area contributed by atoms with Gasteiger partial charge in [-0.15, -0.1) is 0 Å². The smallest absolute Gasteiger partial charge is 0.322 e. The van der Waals surface area contributed by atoms with Crippen LogP contribution in [0.2, 0.25) is 0 Å². The number of carbonyl (C=O) groups excluding carboxylic acids is 1. The van der Waals surface area contributed by atoms with Gasteiger partial charge in [-0.25, -0.2) is 0 Å². The Morgan fingerprint density at radius 1 is 0.850 bits per heavy atom. The molecule has 0 aromatic rings. The Kier molecular flexibility index (Phi) is 25.8. The van der Waals surface area contributed by atoms with Gasteiger partial charge in [-0.05, 0) is 6.42 Å². The first-order valence-electron chi connectivity index (χ1n) is 7.15. The molecule has 0 fully saturated rings. The Labute approximate surface area is 167 Å². The van der Waals surface area contributed by atoms with Crippen molar-refractivity contribution in [3.05, 3.63) is 0 Å².